The third kappa shape index (κ3) is 4.00. The van der Waals surface area contributed by atoms with E-state index < -0.39 is 35.5 Å². The lowest BCUT2D eigenvalue weighted by Gasteiger charge is -2.59. The van der Waals surface area contributed by atoms with Crippen LogP contribution in [0.2, 0.25) is 0 Å². The van der Waals surface area contributed by atoms with Crippen LogP contribution in [0.15, 0.2) is 35.9 Å². The zero-order valence-corrected chi connectivity index (χ0v) is 21.6. The van der Waals surface area contributed by atoms with Gasteiger partial charge in [0.2, 0.25) is 0 Å². The Labute approximate surface area is 215 Å². The van der Waals surface area contributed by atoms with Crippen LogP contribution in [-0.2, 0) is 11.3 Å². The first-order valence-electron chi connectivity index (χ1n) is 13.3. The van der Waals surface area contributed by atoms with Crippen molar-refractivity contribution in [3.05, 3.63) is 47.0 Å². The Hall–Kier alpha value is -1.80. The van der Waals surface area contributed by atoms with Crippen molar-refractivity contribution in [3.8, 4) is 0 Å². The number of nitrogens with zero attached hydrogens (tertiary/aromatic N) is 1. The highest BCUT2D eigenvalue weighted by Gasteiger charge is 2.79. The molecule has 0 spiro atoms. The Balaban J connectivity index is 1.60. The average molecular weight is 526 g/mol. The second-order valence-electron chi connectivity index (χ2n) is 12.4. The minimum absolute atomic E-state index is 0.0488. The van der Waals surface area contributed by atoms with Gasteiger partial charge in [0.15, 0.2) is 5.78 Å². The molecular weight excluding hydrogens is 489 g/mol. The van der Waals surface area contributed by atoms with Crippen molar-refractivity contribution in [3.63, 3.8) is 0 Å². The quantitative estimate of drug-likeness (QED) is 0.456. The Bertz CT molecular complexity index is 1080. The molecule has 1 aromatic rings. The standard InChI is InChI=1S/C29H36F5NO2/c1-26-15-23(18-6-4-17(5-7-18)16-35(2)3)25-21-11-9-20(36)14-19(21)8-10-22(25)24(26)12-13-27(26,37)28(30,31)29(32,33)34/h4-7,14,21-25,37H,8-13,15-16H2,1-3H3/t21-,22?,23+,24?,25?,26-,27-/m0/s1. The maximum Gasteiger partial charge on any atom is 0.456 e. The molecule has 7 atom stereocenters. The Morgan fingerprint density at radius 3 is 2.30 bits per heavy atom. The molecule has 0 saturated heterocycles. The molecule has 3 nitrogen and oxygen atoms in total. The minimum Gasteiger partial charge on any atom is -0.383 e. The number of benzene rings is 1. The summed E-state index contributed by atoms with van der Waals surface area (Å²) < 4.78 is 71.1. The molecule has 3 fully saturated rings. The average Bonchev–Trinajstić information content (AvgIpc) is 3.09. The van der Waals surface area contributed by atoms with Crippen LogP contribution < -0.4 is 0 Å². The molecule has 3 saturated carbocycles. The summed E-state index contributed by atoms with van der Waals surface area (Å²) in [4.78, 5) is 14.2. The van der Waals surface area contributed by atoms with Crippen LogP contribution in [0.25, 0.3) is 0 Å². The van der Waals surface area contributed by atoms with Crippen molar-refractivity contribution in [2.75, 3.05) is 14.1 Å². The number of ketones is 1. The molecule has 0 aliphatic heterocycles. The van der Waals surface area contributed by atoms with Gasteiger partial charge in [0.05, 0.1) is 0 Å². The van der Waals surface area contributed by atoms with Crippen LogP contribution in [0.1, 0.15) is 68.9 Å². The minimum atomic E-state index is -5.83. The van der Waals surface area contributed by atoms with Gasteiger partial charge in [0.25, 0.3) is 0 Å². The maximum atomic E-state index is 15.0. The SMILES string of the molecule is CN(C)Cc1ccc([C@H]2C[C@@]3(C)C(CC[C@@]3(O)C(F)(F)C(F)(F)F)C3CCC4=CC(=O)CC[C@@H]4C32)cc1. The number of hydrogen-bond donors (Lipinski definition) is 1. The lowest BCUT2D eigenvalue weighted by atomic mass is 9.46. The van der Waals surface area contributed by atoms with Gasteiger partial charge in [-0.25, -0.2) is 0 Å². The van der Waals surface area contributed by atoms with Crippen LogP contribution in [-0.4, -0.2) is 47.6 Å². The first kappa shape index (κ1) is 26.8. The fourth-order valence-corrected chi connectivity index (χ4v) is 8.64. The van der Waals surface area contributed by atoms with Gasteiger partial charge in [-0.05, 0) is 99.4 Å². The smallest absolute Gasteiger partial charge is 0.383 e. The summed E-state index contributed by atoms with van der Waals surface area (Å²) in [7, 11) is 3.92. The van der Waals surface area contributed by atoms with Gasteiger partial charge in [-0.1, -0.05) is 36.8 Å². The number of hydrogen-bond acceptors (Lipinski definition) is 3. The number of allylic oxidation sites excluding steroid dienone is 1. The number of rotatable bonds is 4. The number of alkyl halides is 5. The van der Waals surface area contributed by atoms with Crippen LogP contribution in [0, 0.1) is 29.1 Å². The molecule has 4 aliphatic carbocycles. The van der Waals surface area contributed by atoms with Crippen LogP contribution >= 0.6 is 0 Å². The van der Waals surface area contributed by atoms with E-state index in [-0.39, 0.29) is 42.3 Å². The van der Waals surface area contributed by atoms with Gasteiger partial charge in [-0.2, -0.15) is 22.0 Å². The number of aliphatic hydroxyl groups is 1. The van der Waals surface area contributed by atoms with Gasteiger partial charge < -0.3 is 10.0 Å². The summed E-state index contributed by atoms with van der Waals surface area (Å²) in [6, 6.07) is 7.94. The highest BCUT2D eigenvalue weighted by Crippen LogP contribution is 2.71. The molecule has 0 amide bonds. The van der Waals surface area contributed by atoms with Crippen LogP contribution in [0.3, 0.4) is 0 Å². The fraction of sp³-hybridized carbons (Fsp3) is 0.690. The second-order valence-corrected chi connectivity index (χ2v) is 12.4. The van der Waals surface area contributed by atoms with Gasteiger partial charge in [-0.3, -0.25) is 4.79 Å². The number of fused-ring (bicyclic) bond motifs is 5. The fourth-order valence-electron chi connectivity index (χ4n) is 8.64. The van der Waals surface area contributed by atoms with E-state index in [4.69, 9.17) is 0 Å². The molecular formula is C29H36F5NO2. The summed E-state index contributed by atoms with van der Waals surface area (Å²) in [5.41, 5.74) is -1.65. The van der Waals surface area contributed by atoms with Gasteiger partial charge >= 0.3 is 12.1 Å². The third-order valence-corrected chi connectivity index (χ3v) is 10.2. The van der Waals surface area contributed by atoms with E-state index in [2.05, 4.69) is 0 Å². The highest BCUT2D eigenvalue weighted by atomic mass is 19.4. The van der Waals surface area contributed by atoms with E-state index in [0.717, 1.165) is 23.2 Å². The molecule has 0 bridgehead atoms. The second kappa shape index (κ2) is 8.87. The maximum absolute atomic E-state index is 15.0. The summed E-state index contributed by atoms with van der Waals surface area (Å²) in [6.07, 6.45) is -2.01. The van der Waals surface area contributed by atoms with E-state index in [1.54, 1.807) is 6.08 Å². The third-order valence-electron chi connectivity index (χ3n) is 10.2. The van der Waals surface area contributed by atoms with E-state index in [1.165, 1.54) is 6.92 Å². The number of halogens is 5. The lowest BCUT2D eigenvalue weighted by Crippen LogP contribution is -2.66. The van der Waals surface area contributed by atoms with Crippen molar-refractivity contribution >= 4 is 5.78 Å². The monoisotopic (exact) mass is 525 g/mol. The van der Waals surface area contributed by atoms with Crippen molar-refractivity contribution < 1.29 is 31.9 Å². The van der Waals surface area contributed by atoms with Gasteiger partial charge in [-0.15, -0.1) is 0 Å². The molecule has 8 heteroatoms. The molecule has 1 aromatic carbocycles. The normalized spacial score (nSPS) is 38.2. The Morgan fingerprint density at radius 1 is 1.00 bits per heavy atom. The summed E-state index contributed by atoms with van der Waals surface area (Å²) >= 11 is 0. The number of carbonyl (C=O) groups excluding carboxylic acids is 1. The van der Waals surface area contributed by atoms with Crippen LogP contribution in [0.4, 0.5) is 22.0 Å². The number of carbonyl (C=O) groups is 1. The first-order chi connectivity index (χ1) is 17.2. The first-order valence-corrected chi connectivity index (χ1v) is 13.3. The summed E-state index contributed by atoms with van der Waals surface area (Å²) in [5, 5.41) is 11.3. The summed E-state index contributed by atoms with van der Waals surface area (Å²) in [5.74, 6) is -5.73. The molecule has 37 heavy (non-hydrogen) atoms. The molecule has 1 N–H and O–H groups in total. The Morgan fingerprint density at radius 2 is 1.68 bits per heavy atom. The lowest BCUT2D eigenvalue weighted by molar-refractivity contribution is -0.364. The van der Waals surface area contributed by atoms with E-state index >= 15 is 8.78 Å². The van der Waals surface area contributed by atoms with Crippen molar-refractivity contribution in [2.24, 2.45) is 29.1 Å². The van der Waals surface area contributed by atoms with Crippen molar-refractivity contribution in [1.29, 1.82) is 0 Å². The van der Waals surface area contributed by atoms with E-state index in [1.807, 2.05) is 43.3 Å². The largest absolute Gasteiger partial charge is 0.456 e. The highest BCUT2D eigenvalue weighted by molar-refractivity contribution is 5.91. The van der Waals surface area contributed by atoms with E-state index in [9.17, 15) is 23.1 Å². The predicted octanol–water partition coefficient (Wildman–Crippen LogP) is 6.51. The van der Waals surface area contributed by atoms with E-state index in [0.29, 0.717) is 25.7 Å². The Kier molecular flexibility index (Phi) is 6.42. The molecule has 5 rings (SSSR count). The van der Waals surface area contributed by atoms with Crippen molar-refractivity contribution in [1.82, 2.24) is 4.90 Å². The molecule has 204 valence electrons. The predicted molar refractivity (Wildman–Crippen MR) is 130 cm³/mol. The van der Waals surface area contributed by atoms with Crippen molar-refractivity contribution in [2.45, 2.75) is 82.0 Å². The zero-order chi connectivity index (χ0) is 27.0. The molecule has 0 heterocycles. The van der Waals surface area contributed by atoms with Crippen LogP contribution in [0.5, 0.6) is 0 Å². The summed E-state index contributed by atoms with van der Waals surface area (Å²) in [6.45, 7) is 2.20. The molecule has 4 aliphatic rings. The molecule has 3 unspecified atom stereocenters. The topological polar surface area (TPSA) is 40.5 Å². The van der Waals surface area contributed by atoms with Gasteiger partial charge in [0, 0.05) is 18.4 Å². The molecule has 0 aromatic heterocycles. The van der Waals surface area contributed by atoms with Gasteiger partial charge in [0.1, 0.15) is 5.60 Å². The molecule has 0 radical (unpaired) electrons. The zero-order valence-electron chi connectivity index (χ0n) is 21.6.